The van der Waals surface area contributed by atoms with Crippen LogP contribution in [0.15, 0.2) is 36.5 Å². The number of nitrogens with one attached hydrogen (secondary N) is 2. The van der Waals surface area contributed by atoms with Crippen molar-refractivity contribution in [2.24, 2.45) is 0 Å². The SMILES string of the molecule is Cc1ccccc1NC(=O)c1cc(Cl)c[nH]1. The monoisotopic (exact) mass is 234 g/mol. The standard InChI is InChI=1S/C12H11ClN2O/c1-8-4-2-3-5-10(8)15-12(16)11-6-9(13)7-14-11/h2-7,14H,1H3,(H,15,16). The molecule has 0 radical (unpaired) electrons. The third-order valence-corrected chi connectivity index (χ3v) is 2.50. The number of carbonyl (C=O) groups is 1. The third-order valence-electron chi connectivity index (χ3n) is 2.29. The zero-order valence-corrected chi connectivity index (χ0v) is 9.51. The van der Waals surface area contributed by atoms with Gasteiger partial charge in [0.1, 0.15) is 5.69 Å². The molecule has 1 heterocycles. The highest BCUT2D eigenvalue weighted by molar-refractivity contribution is 6.31. The van der Waals surface area contributed by atoms with Gasteiger partial charge in [0.15, 0.2) is 0 Å². The molecule has 1 aromatic heterocycles. The molecule has 3 nitrogen and oxygen atoms in total. The van der Waals surface area contributed by atoms with Gasteiger partial charge in [-0.2, -0.15) is 0 Å². The fourth-order valence-corrected chi connectivity index (χ4v) is 1.57. The first-order valence-corrected chi connectivity index (χ1v) is 5.25. The maximum Gasteiger partial charge on any atom is 0.272 e. The van der Waals surface area contributed by atoms with E-state index in [-0.39, 0.29) is 5.91 Å². The minimum absolute atomic E-state index is 0.193. The van der Waals surface area contributed by atoms with Crippen LogP contribution in [0.4, 0.5) is 5.69 Å². The molecule has 0 aliphatic heterocycles. The topological polar surface area (TPSA) is 44.9 Å². The van der Waals surface area contributed by atoms with E-state index in [0.717, 1.165) is 11.3 Å². The van der Waals surface area contributed by atoms with Crippen molar-refractivity contribution in [3.8, 4) is 0 Å². The van der Waals surface area contributed by atoms with Gasteiger partial charge >= 0.3 is 0 Å². The maximum absolute atomic E-state index is 11.8. The van der Waals surface area contributed by atoms with E-state index in [9.17, 15) is 4.79 Å². The largest absolute Gasteiger partial charge is 0.356 e. The molecule has 1 aromatic carbocycles. The quantitative estimate of drug-likeness (QED) is 0.823. The second kappa shape index (κ2) is 4.41. The highest BCUT2D eigenvalue weighted by Gasteiger charge is 2.08. The molecule has 2 aromatic rings. The molecular weight excluding hydrogens is 224 g/mol. The number of aromatic nitrogens is 1. The Morgan fingerprint density at radius 3 is 2.75 bits per heavy atom. The zero-order chi connectivity index (χ0) is 11.5. The Morgan fingerprint density at radius 2 is 2.12 bits per heavy atom. The van der Waals surface area contributed by atoms with Crippen LogP contribution < -0.4 is 5.32 Å². The van der Waals surface area contributed by atoms with Crippen molar-refractivity contribution < 1.29 is 4.79 Å². The van der Waals surface area contributed by atoms with Gasteiger partial charge in [0.2, 0.25) is 0 Å². The van der Waals surface area contributed by atoms with Crippen molar-refractivity contribution in [1.29, 1.82) is 0 Å². The molecule has 0 aliphatic rings. The first-order chi connectivity index (χ1) is 7.66. The van der Waals surface area contributed by atoms with Crippen LogP contribution in [0.5, 0.6) is 0 Å². The number of H-pyrrole nitrogens is 1. The smallest absolute Gasteiger partial charge is 0.272 e. The number of anilines is 1. The molecule has 0 aliphatic carbocycles. The first-order valence-electron chi connectivity index (χ1n) is 4.88. The van der Waals surface area contributed by atoms with Crippen LogP contribution in [0, 0.1) is 6.92 Å². The number of hydrogen-bond acceptors (Lipinski definition) is 1. The van der Waals surface area contributed by atoms with E-state index in [2.05, 4.69) is 10.3 Å². The Hall–Kier alpha value is -1.74. The van der Waals surface area contributed by atoms with Gasteiger partial charge in [0.05, 0.1) is 5.02 Å². The summed E-state index contributed by atoms with van der Waals surface area (Å²) in [7, 11) is 0. The minimum atomic E-state index is -0.193. The third kappa shape index (κ3) is 2.25. The number of benzene rings is 1. The van der Waals surface area contributed by atoms with Crippen molar-refractivity contribution >= 4 is 23.2 Å². The van der Waals surface area contributed by atoms with Crippen molar-refractivity contribution in [2.75, 3.05) is 5.32 Å². The minimum Gasteiger partial charge on any atom is -0.356 e. The zero-order valence-electron chi connectivity index (χ0n) is 8.75. The fourth-order valence-electron chi connectivity index (χ4n) is 1.40. The lowest BCUT2D eigenvalue weighted by Gasteiger charge is -2.06. The van der Waals surface area contributed by atoms with Crippen molar-refractivity contribution in [2.45, 2.75) is 6.92 Å². The molecule has 0 unspecified atom stereocenters. The van der Waals surface area contributed by atoms with Gasteiger partial charge in [-0.25, -0.2) is 0 Å². The lowest BCUT2D eigenvalue weighted by Crippen LogP contribution is -2.12. The van der Waals surface area contributed by atoms with Crippen LogP contribution >= 0.6 is 11.6 Å². The van der Waals surface area contributed by atoms with E-state index in [0.29, 0.717) is 10.7 Å². The Balaban J connectivity index is 2.17. The van der Waals surface area contributed by atoms with Gasteiger partial charge in [-0.3, -0.25) is 4.79 Å². The number of carbonyl (C=O) groups excluding carboxylic acids is 1. The summed E-state index contributed by atoms with van der Waals surface area (Å²) >= 11 is 5.73. The molecular formula is C12H11ClN2O. The average molecular weight is 235 g/mol. The van der Waals surface area contributed by atoms with Gasteiger partial charge in [0.25, 0.3) is 5.91 Å². The van der Waals surface area contributed by atoms with Crippen molar-refractivity contribution in [1.82, 2.24) is 4.98 Å². The highest BCUT2D eigenvalue weighted by Crippen LogP contribution is 2.15. The van der Waals surface area contributed by atoms with Gasteiger partial charge < -0.3 is 10.3 Å². The Morgan fingerprint density at radius 1 is 1.38 bits per heavy atom. The summed E-state index contributed by atoms with van der Waals surface area (Å²) in [5, 5.41) is 3.33. The predicted octanol–water partition coefficient (Wildman–Crippen LogP) is 3.23. The molecule has 2 N–H and O–H groups in total. The number of aryl methyl sites for hydroxylation is 1. The summed E-state index contributed by atoms with van der Waals surface area (Å²) in [5.41, 5.74) is 2.28. The van der Waals surface area contributed by atoms with E-state index in [1.54, 1.807) is 12.3 Å². The highest BCUT2D eigenvalue weighted by atomic mass is 35.5. The van der Waals surface area contributed by atoms with Gasteiger partial charge in [-0.1, -0.05) is 29.8 Å². The van der Waals surface area contributed by atoms with Gasteiger partial charge in [-0.15, -0.1) is 0 Å². The Bertz CT molecular complexity index is 519. The van der Waals surface area contributed by atoms with Crippen LogP contribution in [0.25, 0.3) is 0 Å². The molecule has 4 heteroatoms. The molecule has 82 valence electrons. The number of halogens is 1. The van der Waals surface area contributed by atoms with E-state index < -0.39 is 0 Å². The lowest BCUT2D eigenvalue weighted by atomic mass is 10.2. The second-order valence-corrected chi connectivity index (χ2v) is 3.94. The van der Waals surface area contributed by atoms with Crippen LogP contribution in [-0.4, -0.2) is 10.9 Å². The van der Waals surface area contributed by atoms with Gasteiger partial charge in [-0.05, 0) is 24.6 Å². The van der Waals surface area contributed by atoms with E-state index in [1.807, 2.05) is 31.2 Å². The van der Waals surface area contributed by atoms with E-state index in [4.69, 9.17) is 11.6 Å². The summed E-state index contributed by atoms with van der Waals surface area (Å²) < 4.78 is 0. The summed E-state index contributed by atoms with van der Waals surface area (Å²) in [4.78, 5) is 14.6. The van der Waals surface area contributed by atoms with Crippen LogP contribution in [0.3, 0.4) is 0 Å². The number of hydrogen-bond donors (Lipinski definition) is 2. The lowest BCUT2D eigenvalue weighted by molar-refractivity contribution is 0.102. The summed E-state index contributed by atoms with van der Waals surface area (Å²) in [5.74, 6) is -0.193. The van der Waals surface area contributed by atoms with Crippen LogP contribution in [0.1, 0.15) is 16.1 Å². The molecule has 0 saturated heterocycles. The van der Waals surface area contributed by atoms with Crippen molar-refractivity contribution in [3.63, 3.8) is 0 Å². The van der Waals surface area contributed by atoms with E-state index >= 15 is 0 Å². The first kappa shape index (κ1) is 10.8. The summed E-state index contributed by atoms with van der Waals surface area (Å²) in [6.07, 6.45) is 1.58. The maximum atomic E-state index is 11.8. The Labute approximate surface area is 98.4 Å². The van der Waals surface area contributed by atoms with E-state index in [1.165, 1.54) is 0 Å². The van der Waals surface area contributed by atoms with Crippen LogP contribution in [0.2, 0.25) is 5.02 Å². The van der Waals surface area contributed by atoms with Crippen molar-refractivity contribution in [3.05, 3.63) is 52.8 Å². The molecule has 0 fully saturated rings. The molecule has 2 rings (SSSR count). The number of rotatable bonds is 2. The molecule has 16 heavy (non-hydrogen) atoms. The van der Waals surface area contributed by atoms with Crippen LogP contribution in [-0.2, 0) is 0 Å². The number of aromatic amines is 1. The molecule has 1 amide bonds. The molecule has 0 atom stereocenters. The number of para-hydroxylation sites is 1. The Kier molecular flexibility index (Phi) is 2.97. The average Bonchev–Trinajstić information content (AvgIpc) is 2.68. The molecule has 0 spiro atoms. The summed E-state index contributed by atoms with van der Waals surface area (Å²) in [6.45, 7) is 1.94. The fraction of sp³-hybridized carbons (Fsp3) is 0.0833. The molecule has 0 saturated carbocycles. The van der Waals surface area contributed by atoms with Gasteiger partial charge in [0, 0.05) is 11.9 Å². The number of amides is 1. The summed E-state index contributed by atoms with van der Waals surface area (Å²) in [6, 6.07) is 9.20. The second-order valence-electron chi connectivity index (χ2n) is 3.50. The predicted molar refractivity (Wildman–Crippen MR) is 64.9 cm³/mol. The normalized spacial score (nSPS) is 10.1. The molecule has 0 bridgehead atoms.